The van der Waals surface area contributed by atoms with Gasteiger partial charge in [0.05, 0.1) is 37.2 Å². The van der Waals surface area contributed by atoms with Crippen molar-refractivity contribution in [2.45, 2.75) is 26.4 Å². The minimum atomic E-state index is -0.383. The van der Waals surface area contributed by atoms with Crippen molar-refractivity contribution in [2.75, 3.05) is 25.6 Å². The lowest BCUT2D eigenvalue weighted by atomic mass is 10.0. The summed E-state index contributed by atoms with van der Waals surface area (Å²) >= 11 is 0. The Kier molecular flexibility index (Phi) is 3.92. The van der Waals surface area contributed by atoms with Gasteiger partial charge in [-0.1, -0.05) is 6.92 Å². The number of nitrogens with one attached hydrogen (secondary N) is 1. The summed E-state index contributed by atoms with van der Waals surface area (Å²) in [5.74, 6) is -0.147. The van der Waals surface area contributed by atoms with Gasteiger partial charge in [-0.25, -0.2) is 4.39 Å². The SMILES string of the molecule is CCCNc1c2c(nc3cc(F)c(OC)cc13)CCOC2. The molecule has 0 spiro atoms. The molecule has 0 radical (unpaired) electrons. The van der Waals surface area contributed by atoms with Gasteiger partial charge in [-0.05, 0) is 12.5 Å². The Bertz CT molecular complexity index is 673. The van der Waals surface area contributed by atoms with Crippen LogP contribution in [0, 0.1) is 5.82 Å². The number of rotatable bonds is 4. The number of hydrogen-bond acceptors (Lipinski definition) is 4. The second-order valence-corrected chi connectivity index (χ2v) is 5.15. The molecule has 3 rings (SSSR count). The van der Waals surface area contributed by atoms with E-state index in [9.17, 15) is 4.39 Å². The van der Waals surface area contributed by atoms with Crippen molar-refractivity contribution in [3.05, 3.63) is 29.2 Å². The van der Waals surface area contributed by atoms with Crippen LogP contribution in [0.25, 0.3) is 10.9 Å². The van der Waals surface area contributed by atoms with Crippen molar-refractivity contribution < 1.29 is 13.9 Å². The molecule has 0 saturated carbocycles. The Hall–Kier alpha value is -1.88. The van der Waals surface area contributed by atoms with Gasteiger partial charge < -0.3 is 14.8 Å². The van der Waals surface area contributed by atoms with E-state index in [4.69, 9.17) is 9.47 Å². The first kappa shape index (κ1) is 14.1. The molecule has 4 nitrogen and oxygen atoms in total. The maximum Gasteiger partial charge on any atom is 0.167 e. The molecule has 0 unspecified atom stereocenters. The van der Waals surface area contributed by atoms with E-state index in [1.54, 1.807) is 6.07 Å². The zero-order chi connectivity index (χ0) is 14.8. The molecule has 2 aromatic rings. The van der Waals surface area contributed by atoms with Gasteiger partial charge in [0, 0.05) is 30.0 Å². The maximum atomic E-state index is 13.9. The Morgan fingerprint density at radius 2 is 2.29 bits per heavy atom. The van der Waals surface area contributed by atoms with Gasteiger partial charge in [-0.15, -0.1) is 0 Å². The van der Waals surface area contributed by atoms with Crippen LogP contribution < -0.4 is 10.1 Å². The smallest absolute Gasteiger partial charge is 0.167 e. The van der Waals surface area contributed by atoms with Crippen molar-refractivity contribution >= 4 is 16.6 Å². The summed E-state index contributed by atoms with van der Waals surface area (Å²) in [6.07, 6.45) is 1.78. The standard InChI is InChI=1S/C16H19FN2O2/c1-3-5-18-16-10-7-15(20-2)12(17)8-14(10)19-13-4-6-21-9-11(13)16/h7-8H,3-6,9H2,1-2H3,(H,18,19). The second kappa shape index (κ2) is 5.85. The van der Waals surface area contributed by atoms with E-state index in [1.807, 2.05) is 0 Å². The first-order valence-corrected chi connectivity index (χ1v) is 7.25. The summed E-state index contributed by atoms with van der Waals surface area (Å²) in [4.78, 5) is 4.61. The predicted octanol–water partition coefficient (Wildman–Crippen LogP) is 3.28. The Balaban J connectivity index is 2.24. The molecule has 112 valence electrons. The summed E-state index contributed by atoms with van der Waals surface area (Å²) < 4.78 is 24.6. The highest BCUT2D eigenvalue weighted by atomic mass is 19.1. The topological polar surface area (TPSA) is 43.4 Å². The molecular weight excluding hydrogens is 271 g/mol. The number of halogens is 1. The van der Waals surface area contributed by atoms with E-state index in [2.05, 4.69) is 17.2 Å². The Labute approximate surface area is 123 Å². The van der Waals surface area contributed by atoms with Crippen molar-refractivity contribution in [3.63, 3.8) is 0 Å². The van der Waals surface area contributed by atoms with Crippen LogP contribution in [0.3, 0.4) is 0 Å². The molecule has 1 aromatic carbocycles. The first-order chi connectivity index (χ1) is 10.2. The molecule has 0 amide bonds. The average Bonchev–Trinajstić information content (AvgIpc) is 2.51. The number of benzene rings is 1. The van der Waals surface area contributed by atoms with Gasteiger partial charge in [-0.2, -0.15) is 0 Å². The number of hydrogen-bond donors (Lipinski definition) is 1. The monoisotopic (exact) mass is 290 g/mol. The molecule has 0 bridgehead atoms. The number of ether oxygens (including phenoxy) is 2. The van der Waals surface area contributed by atoms with Crippen molar-refractivity contribution in [1.82, 2.24) is 4.98 Å². The normalized spacial score (nSPS) is 14.0. The molecule has 0 atom stereocenters. The van der Waals surface area contributed by atoms with Crippen LogP contribution >= 0.6 is 0 Å². The van der Waals surface area contributed by atoms with Gasteiger partial charge in [0.2, 0.25) is 0 Å². The number of nitrogens with zero attached hydrogens (tertiary/aromatic N) is 1. The fraction of sp³-hybridized carbons (Fsp3) is 0.438. The van der Waals surface area contributed by atoms with E-state index >= 15 is 0 Å². The molecule has 1 N–H and O–H groups in total. The Morgan fingerprint density at radius 1 is 1.43 bits per heavy atom. The van der Waals surface area contributed by atoms with E-state index in [-0.39, 0.29) is 11.6 Å². The highest BCUT2D eigenvalue weighted by molar-refractivity contribution is 5.94. The summed E-state index contributed by atoms with van der Waals surface area (Å²) in [5, 5.41) is 4.32. The van der Waals surface area contributed by atoms with Crippen molar-refractivity contribution in [1.29, 1.82) is 0 Å². The van der Waals surface area contributed by atoms with Gasteiger partial charge in [0.25, 0.3) is 0 Å². The van der Waals surface area contributed by atoms with Crippen LogP contribution in [0.15, 0.2) is 12.1 Å². The average molecular weight is 290 g/mol. The van der Waals surface area contributed by atoms with Gasteiger partial charge in [0.1, 0.15) is 0 Å². The van der Waals surface area contributed by atoms with E-state index in [0.29, 0.717) is 18.7 Å². The summed E-state index contributed by atoms with van der Waals surface area (Å²) in [6.45, 7) is 4.17. The molecular formula is C16H19FN2O2. The molecule has 0 saturated heterocycles. The van der Waals surface area contributed by atoms with Gasteiger partial charge in [0.15, 0.2) is 11.6 Å². The third-order valence-electron chi connectivity index (χ3n) is 3.73. The number of anilines is 1. The minimum absolute atomic E-state index is 0.237. The lowest BCUT2D eigenvalue weighted by Crippen LogP contribution is -2.16. The van der Waals surface area contributed by atoms with Crippen LogP contribution in [0.5, 0.6) is 5.75 Å². The van der Waals surface area contributed by atoms with E-state index < -0.39 is 0 Å². The third-order valence-corrected chi connectivity index (χ3v) is 3.73. The lowest BCUT2D eigenvalue weighted by Gasteiger charge is -2.22. The van der Waals surface area contributed by atoms with Gasteiger partial charge in [-0.3, -0.25) is 4.98 Å². The van der Waals surface area contributed by atoms with Crippen molar-refractivity contribution in [2.24, 2.45) is 0 Å². The largest absolute Gasteiger partial charge is 0.494 e. The highest BCUT2D eigenvalue weighted by Crippen LogP contribution is 2.34. The molecule has 2 heterocycles. The number of fused-ring (bicyclic) bond motifs is 2. The number of aromatic nitrogens is 1. The molecule has 1 aliphatic heterocycles. The minimum Gasteiger partial charge on any atom is -0.494 e. The lowest BCUT2D eigenvalue weighted by molar-refractivity contribution is 0.110. The zero-order valence-corrected chi connectivity index (χ0v) is 12.3. The second-order valence-electron chi connectivity index (χ2n) is 5.15. The quantitative estimate of drug-likeness (QED) is 0.938. The third kappa shape index (κ3) is 2.53. The van der Waals surface area contributed by atoms with E-state index in [0.717, 1.165) is 41.7 Å². The van der Waals surface area contributed by atoms with E-state index in [1.165, 1.54) is 13.2 Å². The van der Waals surface area contributed by atoms with Crippen LogP contribution in [0.4, 0.5) is 10.1 Å². The van der Waals surface area contributed by atoms with Crippen LogP contribution in [0.1, 0.15) is 24.6 Å². The fourth-order valence-corrected chi connectivity index (χ4v) is 2.67. The molecule has 1 aromatic heterocycles. The Morgan fingerprint density at radius 3 is 3.05 bits per heavy atom. The van der Waals surface area contributed by atoms with Crippen molar-refractivity contribution in [3.8, 4) is 5.75 Å². The number of pyridine rings is 1. The predicted molar refractivity (Wildman–Crippen MR) is 80.4 cm³/mol. The molecule has 5 heteroatoms. The highest BCUT2D eigenvalue weighted by Gasteiger charge is 2.20. The van der Waals surface area contributed by atoms with Gasteiger partial charge >= 0.3 is 0 Å². The maximum absolute atomic E-state index is 13.9. The molecule has 21 heavy (non-hydrogen) atoms. The summed E-state index contributed by atoms with van der Waals surface area (Å²) in [6, 6.07) is 3.16. The van der Waals surface area contributed by atoms with Crippen LogP contribution in [-0.2, 0) is 17.8 Å². The summed E-state index contributed by atoms with van der Waals surface area (Å²) in [7, 11) is 1.47. The van der Waals surface area contributed by atoms with Crippen LogP contribution in [-0.4, -0.2) is 25.2 Å². The summed E-state index contributed by atoms with van der Waals surface area (Å²) in [5.41, 5.74) is 3.73. The fourth-order valence-electron chi connectivity index (χ4n) is 2.67. The molecule has 0 fully saturated rings. The van der Waals surface area contributed by atoms with Crippen LogP contribution in [0.2, 0.25) is 0 Å². The first-order valence-electron chi connectivity index (χ1n) is 7.25. The molecule has 0 aliphatic carbocycles. The molecule has 1 aliphatic rings. The number of methoxy groups -OCH3 is 1. The zero-order valence-electron chi connectivity index (χ0n) is 12.3.